The molecule has 1 aliphatic rings. The maximum absolute atomic E-state index is 12.4. The number of benzene rings is 4. The summed E-state index contributed by atoms with van der Waals surface area (Å²) < 4.78 is 0. The molecule has 0 aliphatic heterocycles. The van der Waals surface area contributed by atoms with Crippen molar-refractivity contribution in [3.63, 3.8) is 0 Å². The van der Waals surface area contributed by atoms with Gasteiger partial charge in [-0.3, -0.25) is 0 Å². The summed E-state index contributed by atoms with van der Waals surface area (Å²) >= 11 is 0. The van der Waals surface area contributed by atoms with E-state index in [2.05, 4.69) is 49.0 Å². The molecule has 1 aliphatic carbocycles. The number of unbranched alkanes of at least 4 members (excludes halogenated alkanes) is 12. The number of aromatic hydroxyl groups is 8. The quantitative estimate of drug-likeness (QED) is 0.0240. The molecule has 72 heavy (non-hydrogen) atoms. The molecule has 0 spiro atoms. The zero-order valence-corrected chi connectivity index (χ0v) is 45.2. The van der Waals surface area contributed by atoms with Crippen LogP contribution in [0.2, 0.25) is 0 Å². The van der Waals surface area contributed by atoms with Crippen LogP contribution in [0.4, 0.5) is 0 Å². The molecule has 0 radical (unpaired) electrons. The first-order valence-electron chi connectivity index (χ1n) is 27.8. The first kappa shape index (κ1) is 58.0. The Bertz CT molecular complexity index is 1930. The Morgan fingerprint density at radius 3 is 0.597 bits per heavy atom. The Hall–Kier alpha value is -4.88. The molecule has 0 saturated heterocycles. The lowest BCUT2D eigenvalue weighted by molar-refractivity contribution is 0.412. The number of hydrogen-bond donors (Lipinski definition) is 12. The predicted octanol–water partition coefficient (Wildman–Crippen LogP) is 12.9. The van der Waals surface area contributed by atoms with Crippen molar-refractivity contribution in [2.24, 2.45) is 0 Å². The fourth-order valence-electron chi connectivity index (χ4n) is 10.6. The number of rotatable bonds is 28. The number of phenols is 8. The third kappa shape index (κ3) is 13.8. The van der Waals surface area contributed by atoms with E-state index in [1.54, 1.807) is 24.3 Å². The van der Waals surface area contributed by atoms with E-state index in [9.17, 15) is 40.9 Å². The van der Waals surface area contributed by atoms with E-state index in [4.69, 9.17) is 0 Å². The second-order valence-corrected chi connectivity index (χ2v) is 20.8. The molecular formula is C60H92N4O8. The maximum Gasteiger partial charge on any atom is 0.127 e. The number of fused-ring (bicyclic) bond motifs is 8. The van der Waals surface area contributed by atoms with Gasteiger partial charge in [0.25, 0.3) is 0 Å². The smallest absolute Gasteiger partial charge is 0.127 e. The van der Waals surface area contributed by atoms with Crippen LogP contribution in [0.15, 0.2) is 24.3 Å². The molecular weight excluding hydrogens is 905 g/mol. The van der Waals surface area contributed by atoms with E-state index in [0.717, 1.165) is 103 Å². The van der Waals surface area contributed by atoms with Crippen molar-refractivity contribution in [3.8, 4) is 46.0 Å². The van der Waals surface area contributed by atoms with Crippen LogP contribution in [0.5, 0.6) is 46.0 Å². The molecule has 5 rings (SSSR count). The van der Waals surface area contributed by atoms with Gasteiger partial charge in [0.2, 0.25) is 0 Å². The summed E-state index contributed by atoms with van der Waals surface area (Å²) in [6, 6.07) is 7.00. The van der Waals surface area contributed by atoms with Crippen molar-refractivity contribution in [1.82, 2.24) is 21.3 Å². The Kier molecular flexibility index (Phi) is 23.0. The minimum Gasteiger partial charge on any atom is -0.507 e. The van der Waals surface area contributed by atoms with E-state index in [1.165, 1.54) is 0 Å². The van der Waals surface area contributed by atoms with Gasteiger partial charge in [-0.25, -0.2) is 0 Å². The summed E-state index contributed by atoms with van der Waals surface area (Å²) in [5, 5.41) is 113. The van der Waals surface area contributed by atoms with E-state index in [1.807, 2.05) is 27.7 Å². The zero-order chi connectivity index (χ0) is 52.5. The van der Waals surface area contributed by atoms with Crippen molar-refractivity contribution in [1.29, 1.82) is 0 Å². The topological polar surface area (TPSA) is 210 Å². The molecule has 400 valence electrons. The van der Waals surface area contributed by atoms with Gasteiger partial charge in [0.1, 0.15) is 46.0 Å². The van der Waals surface area contributed by atoms with Crippen molar-refractivity contribution in [2.45, 2.75) is 208 Å². The second-order valence-electron chi connectivity index (χ2n) is 20.8. The molecule has 0 atom stereocenters. The Balaban J connectivity index is 1.83. The lowest BCUT2D eigenvalue weighted by Gasteiger charge is -2.29. The van der Waals surface area contributed by atoms with Crippen LogP contribution in [-0.4, -0.2) is 67.0 Å². The molecule has 12 N–H and O–H groups in total. The number of hydrogen-bond acceptors (Lipinski definition) is 12. The Labute approximate surface area is 431 Å². The molecule has 0 aromatic heterocycles. The molecule has 0 amide bonds. The van der Waals surface area contributed by atoms with E-state index in [-0.39, 0.29) is 94.4 Å². The lowest BCUT2D eigenvalue weighted by atomic mass is 9.78. The highest BCUT2D eigenvalue weighted by Crippen LogP contribution is 2.53. The standard InChI is InChI=1S/C60H92N4O8/c1-9-13-17-21-25-61-33-49-53(65)41-29-42(54(49)66)38(6)44-31-46(58(70)51(56(44)68)35-63-27-23-19-15-11-3)40(8)48-32-47(59(71)52(60(48)72)36-64-28-24-20-16-12-4)39(7)45-30-43(37(41)5)55(67)50(57(45)69)34-62-26-22-18-14-10-2/h29-32,37-40,61-72H,9-28,33-36H2,1-8H3. The molecule has 0 fully saturated rings. The largest absolute Gasteiger partial charge is 0.507 e. The SMILES string of the molecule is CCCCCCNCc1c(O)c2cc(c1O)C(C)c1cc(c(O)c(CNCCCCCC)c1O)C(C)c1cc(c(O)c(CNCCCCCC)c1O)C(C)c1cc(c(O)c(CNCCCCCC)c1O)C2C. The number of nitrogens with one attached hydrogen (secondary N) is 4. The van der Waals surface area contributed by atoms with E-state index >= 15 is 0 Å². The summed E-state index contributed by atoms with van der Waals surface area (Å²) in [7, 11) is 0. The normalized spacial score (nSPS) is 16.7. The summed E-state index contributed by atoms with van der Waals surface area (Å²) in [6.45, 7) is 19.5. The summed E-state index contributed by atoms with van der Waals surface area (Å²) in [5.74, 6) is -3.79. The minimum atomic E-state index is -0.699. The molecule has 0 unspecified atom stereocenters. The molecule has 0 saturated carbocycles. The summed E-state index contributed by atoms with van der Waals surface area (Å²) in [5.41, 5.74) is 4.64. The van der Waals surface area contributed by atoms with Crippen LogP contribution in [0, 0.1) is 0 Å². The van der Waals surface area contributed by atoms with Crippen LogP contribution in [0.3, 0.4) is 0 Å². The molecule has 0 heterocycles. The first-order chi connectivity index (χ1) is 34.7. The van der Waals surface area contributed by atoms with Gasteiger partial charge in [0.05, 0.1) is 22.3 Å². The molecule has 12 nitrogen and oxygen atoms in total. The Morgan fingerprint density at radius 1 is 0.278 bits per heavy atom. The minimum absolute atomic E-state index is 0.124. The molecule has 4 aromatic carbocycles. The zero-order valence-electron chi connectivity index (χ0n) is 45.2. The van der Waals surface area contributed by atoms with Gasteiger partial charge < -0.3 is 62.1 Å². The van der Waals surface area contributed by atoms with Crippen LogP contribution in [-0.2, 0) is 26.2 Å². The van der Waals surface area contributed by atoms with Crippen LogP contribution in [0.25, 0.3) is 0 Å². The highest BCUT2D eigenvalue weighted by Gasteiger charge is 2.34. The van der Waals surface area contributed by atoms with Gasteiger partial charge in [-0.2, -0.15) is 0 Å². The van der Waals surface area contributed by atoms with Crippen LogP contribution >= 0.6 is 0 Å². The van der Waals surface area contributed by atoms with Gasteiger partial charge in [0, 0.05) is 94.4 Å². The highest BCUT2D eigenvalue weighted by atomic mass is 16.3. The average molecular weight is 997 g/mol. The summed E-state index contributed by atoms with van der Waals surface area (Å²) in [6.07, 6.45) is 16.7. The van der Waals surface area contributed by atoms with Crippen molar-refractivity contribution in [2.75, 3.05) is 26.2 Å². The molecule has 12 heteroatoms. The molecule has 8 bridgehead atoms. The predicted molar refractivity (Wildman–Crippen MR) is 293 cm³/mol. The first-order valence-corrected chi connectivity index (χ1v) is 27.8. The van der Waals surface area contributed by atoms with Gasteiger partial charge in [0.15, 0.2) is 0 Å². The molecule has 4 aromatic rings. The van der Waals surface area contributed by atoms with Crippen LogP contribution in [0.1, 0.15) is 249 Å². The lowest BCUT2D eigenvalue weighted by Crippen LogP contribution is -2.18. The Morgan fingerprint density at radius 2 is 0.444 bits per heavy atom. The number of phenolic OH excluding ortho intramolecular Hbond substituents is 8. The van der Waals surface area contributed by atoms with E-state index in [0.29, 0.717) is 70.7 Å². The van der Waals surface area contributed by atoms with Gasteiger partial charge >= 0.3 is 0 Å². The van der Waals surface area contributed by atoms with Crippen molar-refractivity contribution >= 4 is 0 Å². The maximum atomic E-state index is 12.4. The average Bonchev–Trinajstić information content (AvgIpc) is 3.36. The van der Waals surface area contributed by atoms with Crippen LogP contribution < -0.4 is 21.3 Å². The highest BCUT2D eigenvalue weighted by molar-refractivity contribution is 5.67. The van der Waals surface area contributed by atoms with Gasteiger partial charge in [-0.15, -0.1) is 0 Å². The third-order valence-corrected chi connectivity index (χ3v) is 15.5. The fraction of sp³-hybridized carbons (Fsp3) is 0.600. The van der Waals surface area contributed by atoms with E-state index < -0.39 is 23.7 Å². The van der Waals surface area contributed by atoms with Crippen molar-refractivity contribution in [3.05, 3.63) is 91.0 Å². The van der Waals surface area contributed by atoms with Gasteiger partial charge in [-0.1, -0.05) is 132 Å². The van der Waals surface area contributed by atoms with Crippen molar-refractivity contribution < 1.29 is 40.9 Å². The van der Waals surface area contributed by atoms with Gasteiger partial charge in [-0.05, 0) is 76.1 Å². The monoisotopic (exact) mass is 997 g/mol. The fourth-order valence-corrected chi connectivity index (χ4v) is 10.6. The third-order valence-electron chi connectivity index (χ3n) is 15.5. The summed E-state index contributed by atoms with van der Waals surface area (Å²) in [4.78, 5) is 0. The second kappa shape index (κ2) is 28.5.